The molecule has 0 bridgehead atoms. The highest BCUT2D eigenvalue weighted by molar-refractivity contribution is 7.06. The Morgan fingerprint density at radius 2 is 1.14 bits per heavy atom. The van der Waals surface area contributed by atoms with Crippen molar-refractivity contribution in [3.8, 4) is 0 Å². The van der Waals surface area contributed by atoms with Gasteiger partial charge in [-0.25, -0.2) is 0 Å². The lowest BCUT2D eigenvalue weighted by Crippen LogP contribution is -2.66. The van der Waals surface area contributed by atoms with E-state index >= 15 is 0 Å². The second-order valence-electron chi connectivity index (χ2n) is 11.3. The summed E-state index contributed by atoms with van der Waals surface area (Å²) in [5, 5.41) is 5.75. The highest BCUT2D eigenvalue weighted by Gasteiger charge is 2.46. The van der Waals surface area contributed by atoms with E-state index in [1.54, 1.807) is 18.2 Å². The molecule has 0 fully saturated rings. The van der Waals surface area contributed by atoms with Crippen LogP contribution in [0.2, 0.25) is 26.2 Å². The molecule has 0 spiro atoms. The van der Waals surface area contributed by atoms with Crippen LogP contribution in [0.15, 0.2) is 90.5 Å². The van der Waals surface area contributed by atoms with E-state index in [0.29, 0.717) is 11.1 Å². The molecular weight excluding hydrogens is 487 g/mol. The molecule has 0 amide bonds. The number of carbonyl (C=O) groups is 2. The first kappa shape index (κ1) is 22.4. The van der Waals surface area contributed by atoms with E-state index in [1.807, 2.05) is 12.1 Å². The summed E-state index contributed by atoms with van der Waals surface area (Å²) < 4.78 is 0. The molecule has 2 aliphatic heterocycles. The Balaban J connectivity index is 1.44. The number of benzene rings is 4. The average molecular weight is 514 g/mol. The van der Waals surface area contributed by atoms with Crippen LogP contribution in [0.25, 0.3) is 6.08 Å². The molecule has 0 saturated carbocycles. The highest BCUT2D eigenvalue weighted by Crippen LogP contribution is 2.41. The summed E-state index contributed by atoms with van der Waals surface area (Å²) in [5.74, 6) is -0.357. The predicted octanol–water partition coefficient (Wildman–Crippen LogP) is 4.89. The Labute approximate surface area is 219 Å². The number of hydrogen-bond donors (Lipinski definition) is 0. The van der Waals surface area contributed by atoms with Gasteiger partial charge in [-0.1, -0.05) is 99.0 Å². The van der Waals surface area contributed by atoms with Gasteiger partial charge in [-0.05, 0) is 44.5 Å². The third kappa shape index (κ3) is 2.87. The zero-order chi connectivity index (χ0) is 25.7. The molecule has 0 atom stereocenters. The van der Waals surface area contributed by atoms with Crippen LogP contribution in [0.1, 0.15) is 26.3 Å². The maximum absolute atomic E-state index is 13.0. The van der Waals surface area contributed by atoms with Crippen LogP contribution in [0.5, 0.6) is 0 Å². The van der Waals surface area contributed by atoms with Crippen LogP contribution in [-0.2, 0) is 0 Å². The van der Waals surface area contributed by atoms with Gasteiger partial charge >= 0.3 is 0 Å². The fourth-order valence-corrected chi connectivity index (χ4v) is 12.7. The number of rotatable bonds is 1. The molecule has 0 unspecified atom stereocenters. The number of fused-ring (bicyclic) bond motifs is 5. The maximum Gasteiger partial charge on any atom is 0.197 e. The Morgan fingerprint density at radius 3 is 1.81 bits per heavy atom. The molecule has 1 aliphatic carbocycles. The molecular formula is C32H27NO2Si2. The number of ketones is 2. The molecule has 3 aliphatic rings. The Kier molecular flexibility index (Phi) is 4.46. The second kappa shape index (κ2) is 7.37. The van der Waals surface area contributed by atoms with Crippen molar-refractivity contribution in [2.45, 2.75) is 26.2 Å². The second-order valence-corrected chi connectivity index (χ2v) is 20.0. The van der Waals surface area contributed by atoms with Gasteiger partial charge in [0.1, 0.15) is 16.1 Å². The van der Waals surface area contributed by atoms with Crippen molar-refractivity contribution in [2.24, 2.45) is 0 Å². The first-order valence-electron chi connectivity index (χ1n) is 12.8. The smallest absolute Gasteiger partial charge is 0.197 e. The number of para-hydroxylation sites is 2. The van der Waals surface area contributed by atoms with Crippen molar-refractivity contribution in [3.63, 3.8) is 0 Å². The third-order valence-electron chi connectivity index (χ3n) is 8.58. The molecule has 5 heteroatoms. The van der Waals surface area contributed by atoms with E-state index < -0.39 is 16.1 Å². The fraction of sp³-hybridized carbons (Fsp3) is 0.125. The Morgan fingerprint density at radius 1 is 0.595 bits per heavy atom. The van der Waals surface area contributed by atoms with Crippen LogP contribution >= 0.6 is 0 Å². The lowest BCUT2D eigenvalue weighted by Gasteiger charge is -2.48. The Hall–Kier alpha value is -3.81. The number of Topliss-reactive ketones (excluding diaryl/α,β-unsaturated/α-hetero) is 2. The van der Waals surface area contributed by atoms with Gasteiger partial charge in [0.15, 0.2) is 11.6 Å². The van der Waals surface area contributed by atoms with Gasteiger partial charge in [0.2, 0.25) is 0 Å². The first-order valence-corrected chi connectivity index (χ1v) is 18.8. The molecule has 0 aromatic heterocycles. The lowest BCUT2D eigenvalue weighted by molar-refractivity contribution is 0.0990. The van der Waals surface area contributed by atoms with Crippen LogP contribution in [-0.4, -0.2) is 27.7 Å². The van der Waals surface area contributed by atoms with Gasteiger partial charge in [-0.3, -0.25) is 9.59 Å². The SMILES string of the molecule is C[Si]1(C)c2ccccc2N2c3ccc(C=C4C(=O)c5ccccc5C4=O)cc3[Si](C)(C)c3cccc1c32. The molecule has 4 aromatic carbocycles. The largest absolute Gasteiger partial charge is 0.311 e. The van der Waals surface area contributed by atoms with Gasteiger partial charge in [0.25, 0.3) is 0 Å². The predicted molar refractivity (Wildman–Crippen MR) is 158 cm³/mol. The lowest BCUT2D eigenvalue weighted by atomic mass is 10.1. The summed E-state index contributed by atoms with van der Waals surface area (Å²) in [6, 6.07) is 29.4. The van der Waals surface area contributed by atoms with Gasteiger partial charge in [-0.15, -0.1) is 0 Å². The van der Waals surface area contributed by atoms with Crippen LogP contribution in [0, 0.1) is 0 Å². The van der Waals surface area contributed by atoms with Crippen molar-refractivity contribution in [3.05, 3.63) is 107 Å². The monoisotopic (exact) mass is 513 g/mol. The molecule has 180 valence electrons. The summed E-state index contributed by atoms with van der Waals surface area (Å²) >= 11 is 0. The van der Waals surface area contributed by atoms with Crippen molar-refractivity contribution >= 4 is 71.6 Å². The van der Waals surface area contributed by atoms with E-state index in [-0.39, 0.29) is 17.1 Å². The van der Waals surface area contributed by atoms with Crippen LogP contribution < -0.4 is 25.6 Å². The van der Waals surface area contributed by atoms with Crippen LogP contribution in [0.3, 0.4) is 0 Å². The first-order chi connectivity index (χ1) is 17.7. The number of anilines is 3. The van der Waals surface area contributed by atoms with E-state index in [9.17, 15) is 9.59 Å². The standard InChI is InChI=1S/C32H27NO2Si2/c1-36(2)26-13-8-7-12-24(26)33-25-17-16-20(18-23-31(34)21-10-5-6-11-22(21)32(23)35)19-29(25)37(3,4)28-15-9-14-27(36)30(28)33/h5-19H,1-4H3. The topological polar surface area (TPSA) is 37.4 Å². The minimum atomic E-state index is -2.07. The molecule has 2 heterocycles. The minimum Gasteiger partial charge on any atom is -0.311 e. The number of allylic oxidation sites excluding steroid dienone is 1. The molecule has 0 N–H and O–H groups in total. The van der Waals surface area contributed by atoms with Crippen molar-refractivity contribution in [1.82, 2.24) is 0 Å². The zero-order valence-corrected chi connectivity index (χ0v) is 23.4. The third-order valence-corrected chi connectivity index (χ3v) is 15.6. The van der Waals surface area contributed by atoms with Gasteiger partial charge in [-0.2, -0.15) is 0 Å². The summed E-state index contributed by atoms with van der Waals surface area (Å²) in [5.41, 5.74) is 6.08. The summed E-state index contributed by atoms with van der Waals surface area (Å²) in [6.07, 6.45) is 1.79. The summed E-state index contributed by atoms with van der Waals surface area (Å²) in [6.45, 7) is 9.77. The molecule has 0 saturated heterocycles. The van der Waals surface area contributed by atoms with E-state index in [0.717, 1.165) is 5.56 Å². The Bertz CT molecular complexity index is 1690. The van der Waals surface area contributed by atoms with E-state index in [4.69, 9.17) is 0 Å². The van der Waals surface area contributed by atoms with Crippen molar-refractivity contribution in [2.75, 3.05) is 4.90 Å². The number of nitrogens with zero attached hydrogens (tertiary/aromatic N) is 1. The maximum atomic E-state index is 13.0. The van der Waals surface area contributed by atoms with Gasteiger partial charge in [0, 0.05) is 28.2 Å². The number of hydrogen-bond acceptors (Lipinski definition) is 3. The molecule has 4 aromatic rings. The highest BCUT2D eigenvalue weighted by atomic mass is 28.3. The summed E-state index contributed by atoms with van der Waals surface area (Å²) in [4.78, 5) is 28.6. The average Bonchev–Trinajstić information content (AvgIpc) is 3.13. The van der Waals surface area contributed by atoms with Crippen molar-refractivity contribution < 1.29 is 9.59 Å². The fourth-order valence-electron chi connectivity index (χ4n) is 6.56. The normalized spacial score (nSPS) is 17.6. The number of carbonyl (C=O) groups excluding carboxylic acids is 2. The molecule has 7 rings (SSSR count). The quantitative estimate of drug-likeness (QED) is 0.207. The van der Waals surface area contributed by atoms with Crippen molar-refractivity contribution in [1.29, 1.82) is 0 Å². The molecule has 0 radical (unpaired) electrons. The molecule has 3 nitrogen and oxygen atoms in total. The van der Waals surface area contributed by atoms with Crippen LogP contribution in [0.4, 0.5) is 17.1 Å². The van der Waals surface area contributed by atoms with E-state index in [2.05, 4.69) is 91.8 Å². The molecule has 37 heavy (non-hydrogen) atoms. The summed E-state index contributed by atoms with van der Waals surface area (Å²) in [7, 11) is -3.93. The van der Waals surface area contributed by atoms with Gasteiger partial charge < -0.3 is 4.90 Å². The minimum absolute atomic E-state index is 0.179. The van der Waals surface area contributed by atoms with Gasteiger partial charge in [0.05, 0.1) is 5.57 Å². The van der Waals surface area contributed by atoms with E-state index in [1.165, 1.54) is 37.8 Å². The zero-order valence-electron chi connectivity index (χ0n) is 21.4.